The molecule has 0 radical (unpaired) electrons. The standard InChI is InChI=1S/C12H18N2O3/c1-8(2)14-10(5-6-13-14)11-9(12(15)16)4-3-7-17-11/h5-6,8-9,11H,3-4,7H2,1-2H3,(H,15,16)/t9-,11-/m0/s1. The first-order chi connectivity index (χ1) is 8.11. The highest BCUT2D eigenvalue weighted by atomic mass is 16.5. The summed E-state index contributed by atoms with van der Waals surface area (Å²) in [5.74, 6) is -1.25. The van der Waals surface area contributed by atoms with Gasteiger partial charge in [0.2, 0.25) is 0 Å². The van der Waals surface area contributed by atoms with Crippen LogP contribution in [0.3, 0.4) is 0 Å². The molecule has 2 heterocycles. The molecule has 2 atom stereocenters. The Morgan fingerprint density at radius 3 is 3.06 bits per heavy atom. The van der Waals surface area contributed by atoms with Crippen LogP contribution in [0.25, 0.3) is 0 Å². The van der Waals surface area contributed by atoms with Crippen molar-refractivity contribution in [3.8, 4) is 0 Å². The monoisotopic (exact) mass is 238 g/mol. The largest absolute Gasteiger partial charge is 0.481 e. The summed E-state index contributed by atoms with van der Waals surface area (Å²) in [6.07, 6.45) is 2.81. The maximum absolute atomic E-state index is 11.2. The van der Waals surface area contributed by atoms with Crippen molar-refractivity contribution in [2.45, 2.75) is 38.8 Å². The molecule has 1 aromatic heterocycles. The number of rotatable bonds is 3. The summed E-state index contributed by atoms with van der Waals surface area (Å²) in [6, 6.07) is 2.06. The summed E-state index contributed by atoms with van der Waals surface area (Å²) >= 11 is 0. The van der Waals surface area contributed by atoms with Gasteiger partial charge in [-0.2, -0.15) is 5.10 Å². The molecule has 17 heavy (non-hydrogen) atoms. The fraction of sp³-hybridized carbons (Fsp3) is 0.667. The Labute approximate surface area is 100 Å². The first-order valence-electron chi connectivity index (χ1n) is 5.99. The van der Waals surface area contributed by atoms with Gasteiger partial charge in [-0.05, 0) is 32.8 Å². The van der Waals surface area contributed by atoms with Crippen molar-refractivity contribution >= 4 is 5.97 Å². The maximum Gasteiger partial charge on any atom is 0.309 e. The molecule has 1 saturated heterocycles. The van der Waals surface area contributed by atoms with Crippen molar-refractivity contribution in [1.29, 1.82) is 0 Å². The van der Waals surface area contributed by atoms with E-state index in [0.717, 1.165) is 12.1 Å². The predicted octanol–water partition coefficient (Wildman–Crippen LogP) is 2.02. The molecule has 1 aromatic rings. The van der Waals surface area contributed by atoms with Crippen molar-refractivity contribution in [2.75, 3.05) is 6.61 Å². The maximum atomic E-state index is 11.2. The fourth-order valence-corrected chi connectivity index (χ4v) is 2.31. The van der Waals surface area contributed by atoms with E-state index in [-0.39, 0.29) is 12.1 Å². The lowest BCUT2D eigenvalue weighted by Gasteiger charge is -2.29. The lowest BCUT2D eigenvalue weighted by atomic mass is 9.92. The highest BCUT2D eigenvalue weighted by molar-refractivity contribution is 5.71. The summed E-state index contributed by atoms with van der Waals surface area (Å²) in [7, 11) is 0. The van der Waals surface area contributed by atoms with Gasteiger partial charge in [0.15, 0.2) is 0 Å². The van der Waals surface area contributed by atoms with Crippen LogP contribution in [-0.2, 0) is 9.53 Å². The number of carboxylic acid groups (broad SMARTS) is 1. The second-order valence-electron chi connectivity index (χ2n) is 4.67. The molecular formula is C12H18N2O3. The third-order valence-electron chi connectivity index (χ3n) is 3.12. The van der Waals surface area contributed by atoms with E-state index in [9.17, 15) is 9.90 Å². The summed E-state index contributed by atoms with van der Waals surface area (Å²) in [4.78, 5) is 11.2. The summed E-state index contributed by atoms with van der Waals surface area (Å²) < 4.78 is 7.48. The minimum absolute atomic E-state index is 0.208. The molecule has 0 unspecified atom stereocenters. The lowest BCUT2D eigenvalue weighted by Crippen LogP contribution is -2.30. The average Bonchev–Trinajstić information content (AvgIpc) is 2.77. The van der Waals surface area contributed by atoms with Gasteiger partial charge in [-0.3, -0.25) is 9.48 Å². The Balaban J connectivity index is 2.29. The third-order valence-corrected chi connectivity index (χ3v) is 3.12. The Morgan fingerprint density at radius 1 is 1.65 bits per heavy atom. The molecular weight excluding hydrogens is 220 g/mol. The molecule has 0 aliphatic carbocycles. The molecule has 1 aliphatic rings. The molecule has 1 aliphatic heterocycles. The van der Waals surface area contributed by atoms with E-state index >= 15 is 0 Å². The second kappa shape index (κ2) is 4.87. The van der Waals surface area contributed by atoms with Crippen LogP contribution in [0.2, 0.25) is 0 Å². The quantitative estimate of drug-likeness (QED) is 0.875. The van der Waals surface area contributed by atoms with Crippen LogP contribution in [0.1, 0.15) is 44.5 Å². The highest BCUT2D eigenvalue weighted by Crippen LogP contribution is 2.34. The molecule has 0 spiro atoms. The Morgan fingerprint density at radius 2 is 2.41 bits per heavy atom. The van der Waals surface area contributed by atoms with E-state index in [4.69, 9.17) is 4.74 Å². The summed E-state index contributed by atoms with van der Waals surface area (Å²) in [5, 5.41) is 13.5. The number of carboxylic acids is 1. The van der Waals surface area contributed by atoms with Crippen LogP contribution in [0.5, 0.6) is 0 Å². The molecule has 1 N–H and O–H groups in total. The zero-order chi connectivity index (χ0) is 12.4. The smallest absolute Gasteiger partial charge is 0.309 e. The van der Waals surface area contributed by atoms with Gasteiger partial charge in [0, 0.05) is 18.8 Å². The van der Waals surface area contributed by atoms with Crippen molar-refractivity contribution in [3.63, 3.8) is 0 Å². The normalized spacial score (nSPS) is 25.1. The predicted molar refractivity (Wildman–Crippen MR) is 61.7 cm³/mol. The van der Waals surface area contributed by atoms with Crippen LogP contribution in [0.15, 0.2) is 12.3 Å². The minimum atomic E-state index is -0.786. The van der Waals surface area contributed by atoms with E-state index in [2.05, 4.69) is 5.10 Å². The third kappa shape index (κ3) is 2.34. The van der Waals surface area contributed by atoms with Gasteiger partial charge in [-0.15, -0.1) is 0 Å². The van der Waals surface area contributed by atoms with Gasteiger partial charge in [0.25, 0.3) is 0 Å². The molecule has 0 amide bonds. The SMILES string of the molecule is CC(C)n1nccc1[C@H]1OCCC[C@@H]1C(=O)O. The number of hydrogen-bond donors (Lipinski definition) is 1. The summed E-state index contributed by atoms with van der Waals surface area (Å²) in [6.45, 7) is 4.67. The topological polar surface area (TPSA) is 64.4 Å². The number of nitrogens with zero attached hydrogens (tertiary/aromatic N) is 2. The van der Waals surface area contributed by atoms with E-state index < -0.39 is 11.9 Å². The van der Waals surface area contributed by atoms with Crippen LogP contribution >= 0.6 is 0 Å². The van der Waals surface area contributed by atoms with Gasteiger partial charge in [0.05, 0.1) is 11.6 Å². The molecule has 5 nitrogen and oxygen atoms in total. The number of ether oxygens (including phenoxy) is 1. The highest BCUT2D eigenvalue weighted by Gasteiger charge is 2.35. The molecule has 2 rings (SSSR count). The molecule has 0 aromatic carbocycles. The van der Waals surface area contributed by atoms with Crippen molar-refractivity contribution in [2.24, 2.45) is 5.92 Å². The number of aliphatic carboxylic acids is 1. The van der Waals surface area contributed by atoms with Crippen molar-refractivity contribution in [1.82, 2.24) is 9.78 Å². The van der Waals surface area contributed by atoms with E-state index in [1.54, 1.807) is 6.20 Å². The van der Waals surface area contributed by atoms with Crippen molar-refractivity contribution < 1.29 is 14.6 Å². The number of hydrogen-bond acceptors (Lipinski definition) is 3. The molecule has 5 heteroatoms. The Bertz CT molecular complexity index is 400. The lowest BCUT2D eigenvalue weighted by molar-refractivity contribution is -0.152. The first-order valence-corrected chi connectivity index (χ1v) is 5.99. The molecule has 0 bridgehead atoms. The first kappa shape index (κ1) is 12.1. The van der Waals surface area contributed by atoms with Crippen LogP contribution in [-0.4, -0.2) is 27.5 Å². The second-order valence-corrected chi connectivity index (χ2v) is 4.67. The molecule has 0 saturated carbocycles. The van der Waals surface area contributed by atoms with E-state index in [1.807, 2.05) is 24.6 Å². The number of carbonyl (C=O) groups is 1. The molecule has 1 fully saturated rings. The average molecular weight is 238 g/mol. The number of aromatic nitrogens is 2. The fourth-order valence-electron chi connectivity index (χ4n) is 2.31. The van der Waals surface area contributed by atoms with Gasteiger partial charge >= 0.3 is 5.97 Å². The van der Waals surface area contributed by atoms with Gasteiger partial charge in [-0.1, -0.05) is 0 Å². The van der Waals surface area contributed by atoms with Gasteiger partial charge in [-0.25, -0.2) is 0 Å². The minimum Gasteiger partial charge on any atom is -0.481 e. The van der Waals surface area contributed by atoms with Crippen molar-refractivity contribution in [3.05, 3.63) is 18.0 Å². The van der Waals surface area contributed by atoms with E-state index in [0.29, 0.717) is 13.0 Å². The van der Waals surface area contributed by atoms with Gasteiger partial charge < -0.3 is 9.84 Å². The zero-order valence-corrected chi connectivity index (χ0v) is 10.2. The van der Waals surface area contributed by atoms with Gasteiger partial charge in [0.1, 0.15) is 6.10 Å². The van der Waals surface area contributed by atoms with Crippen LogP contribution in [0, 0.1) is 5.92 Å². The summed E-state index contributed by atoms with van der Waals surface area (Å²) in [5.41, 5.74) is 0.868. The van der Waals surface area contributed by atoms with Crippen LogP contribution < -0.4 is 0 Å². The zero-order valence-electron chi connectivity index (χ0n) is 10.2. The Hall–Kier alpha value is -1.36. The van der Waals surface area contributed by atoms with E-state index in [1.165, 1.54) is 0 Å². The van der Waals surface area contributed by atoms with Crippen LogP contribution in [0.4, 0.5) is 0 Å². The molecule has 94 valence electrons. The Kier molecular flexibility index (Phi) is 3.47.